The van der Waals surface area contributed by atoms with Crippen LogP contribution in [0.15, 0.2) is 41.8 Å². The van der Waals surface area contributed by atoms with Crippen molar-refractivity contribution in [3.8, 4) is 0 Å². The monoisotopic (exact) mass is 360 g/mol. The van der Waals surface area contributed by atoms with Crippen LogP contribution >= 0.6 is 23.1 Å². The van der Waals surface area contributed by atoms with Gasteiger partial charge in [0.15, 0.2) is 0 Å². The van der Waals surface area contributed by atoms with Crippen molar-refractivity contribution in [3.05, 3.63) is 52.2 Å². The van der Waals surface area contributed by atoms with Crippen LogP contribution in [0.4, 0.5) is 5.69 Å². The molecule has 1 aromatic heterocycles. The van der Waals surface area contributed by atoms with E-state index in [1.54, 1.807) is 28.0 Å². The largest absolute Gasteiger partial charge is 0.324 e. The molecule has 1 saturated heterocycles. The Morgan fingerprint density at radius 3 is 2.92 bits per heavy atom. The lowest BCUT2D eigenvalue weighted by Gasteiger charge is -2.23. The summed E-state index contributed by atoms with van der Waals surface area (Å²) in [4.78, 5) is 28.0. The average Bonchev–Trinajstić information content (AvgIpc) is 3.24. The number of hydrogen-bond acceptors (Lipinski definition) is 4. The molecule has 1 unspecified atom stereocenters. The standard InChI is InChI=1S/C18H20N2O2S2/c1-13-4-2-5-14(10-13)19-18(22)16-11-23-12-20(16)17(21)8-7-15-6-3-9-24-15/h2-6,9-10,16H,7-8,11-12H2,1H3,(H,19,22). The number of benzene rings is 1. The summed E-state index contributed by atoms with van der Waals surface area (Å²) in [6, 6.07) is 11.4. The summed E-state index contributed by atoms with van der Waals surface area (Å²) in [6.45, 7) is 1.99. The molecule has 1 aromatic carbocycles. The lowest BCUT2D eigenvalue weighted by molar-refractivity contribution is -0.136. The molecule has 1 N–H and O–H groups in total. The minimum atomic E-state index is -0.383. The van der Waals surface area contributed by atoms with Crippen molar-refractivity contribution in [1.29, 1.82) is 0 Å². The number of thiophene rings is 1. The number of hydrogen-bond donors (Lipinski definition) is 1. The highest BCUT2D eigenvalue weighted by Gasteiger charge is 2.34. The first-order valence-corrected chi connectivity index (χ1v) is 9.94. The molecule has 1 aliphatic rings. The van der Waals surface area contributed by atoms with Crippen molar-refractivity contribution in [1.82, 2.24) is 4.90 Å². The topological polar surface area (TPSA) is 49.4 Å². The zero-order valence-electron chi connectivity index (χ0n) is 13.5. The molecule has 1 aliphatic heterocycles. The van der Waals surface area contributed by atoms with Gasteiger partial charge in [0.2, 0.25) is 11.8 Å². The van der Waals surface area contributed by atoms with Gasteiger partial charge in [-0.05, 0) is 42.5 Å². The van der Waals surface area contributed by atoms with E-state index in [1.165, 1.54) is 4.88 Å². The number of amides is 2. The molecule has 2 heterocycles. The molecule has 0 spiro atoms. The van der Waals surface area contributed by atoms with Crippen molar-refractivity contribution < 1.29 is 9.59 Å². The molecule has 126 valence electrons. The van der Waals surface area contributed by atoms with Crippen LogP contribution in [0.1, 0.15) is 16.9 Å². The van der Waals surface area contributed by atoms with E-state index in [2.05, 4.69) is 5.32 Å². The SMILES string of the molecule is Cc1cccc(NC(=O)C2CSCN2C(=O)CCc2cccs2)c1. The predicted molar refractivity (Wildman–Crippen MR) is 100 cm³/mol. The second-order valence-corrected chi connectivity index (χ2v) is 7.85. The summed E-state index contributed by atoms with van der Waals surface area (Å²) in [5.41, 5.74) is 1.88. The third kappa shape index (κ3) is 4.19. The molecule has 6 heteroatoms. The van der Waals surface area contributed by atoms with Gasteiger partial charge in [-0.15, -0.1) is 23.1 Å². The first-order valence-electron chi connectivity index (χ1n) is 7.90. The van der Waals surface area contributed by atoms with E-state index in [0.29, 0.717) is 18.1 Å². The second-order valence-electron chi connectivity index (χ2n) is 5.82. The van der Waals surface area contributed by atoms with E-state index < -0.39 is 0 Å². The smallest absolute Gasteiger partial charge is 0.248 e. The van der Waals surface area contributed by atoms with Gasteiger partial charge in [-0.1, -0.05) is 18.2 Å². The molecule has 0 saturated carbocycles. The molecule has 0 bridgehead atoms. The van der Waals surface area contributed by atoms with Crippen LogP contribution in [0.3, 0.4) is 0 Å². The molecule has 1 fully saturated rings. The van der Waals surface area contributed by atoms with Gasteiger partial charge in [-0.25, -0.2) is 0 Å². The summed E-state index contributed by atoms with van der Waals surface area (Å²) in [5.74, 6) is 1.20. The Kier molecular flexibility index (Phi) is 5.58. The fourth-order valence-electron chi connectivity index (χ4n) is 2.68. The summed E-state index contributed by atoms with van der Waals surface area (Å²) >= 11 is 3.29. The van der Waals surface area contributed by atoms with E-state index in [1.807, 2.05) is 48.7 Å². The second kappa shape index (κ2) is 7.85. The lowest BCUT2D eigenvalue weighted by Crippen LogP contribution is -2.44. The van der Waals surface area contributed by atoms with Gasteiger partial charge in [0.1, 0.15) is 6.04 Å². The third-order valence-electron chi connectivity index (χ3n) is 3.96. The van der Waals surface area contributed by atoms with E-state index in [-0.39, 0.29) is 17.9 Å². The maximum atomic E-state index is 12.6. The van der Waals surface area contributed by atoms with Crippen molar-refractivity contribution in [3.63, 3.8) is 0 Å². The van der Waals surface area contributed by atoms with Gasteiger partial charge >= 0.3 is 0 Å². The first-order chi connectivity index (χ1) is 11.6. The molecule has 24 heavy (non-hydrogen) atoms. The fraction of sp³-hybridized carbons (Fsp3) is 0.333. The molecule has 3 rings (SSSR count). The van der Waals surface area contributed by atoms with Crippen LogP contribution < -0.4 is 5.32 Å². The Hall–Kier alpha value is -1.79. The number of nitrogens with one attached hydrogen (secondary N) is 1. The number of thioether (sulfide) groups is 1. The van der Waals surface area contributed by atoms with Gasteiger partial charge < -0.3 is 10.2 Å². The molecule has 0 radical (unpaired) electrons. The minimum absolute atomic E-state index is 0.0535. The van der Waals surface area contributed by atoms with Crippen LogP contribution in [0.5, 0.6) is 0 Å². The van der Waals surface area contributed by atoms with E-state index in [9.17, 15) is 9.59 Å². The molecular formula is C18H20N2O2S2. The van der Waals surface area contributed by atoms with Gasteiger partial charge in [0, 0.05) is 22.7 Å². The molecule has 4 nitrogen and oxygen atoms in total. The highest BCUT2D eigenvalue weighted by Crippen LogP contribution is 2.24. The number of aryl methyl sites for hydroxylation is 2. The fourth-order valence-corrected chi connectivity index (χ4v) is 4.57. The maximum Gasteiger partial charge on any atom is 0.248 e. The number of carbonyl (C=O) groups is 2. The van der Waals surface area contributed by atoms with E-state index in [0.717, 1.165) is 17.7 Å². The highest BCUT2D eigenvalue weighted by atomic mass is 32.2. The van der Waals surface area contributed by atoms with Gasteiger partial charge in [-0.2, -0.15) is 0 Å². The zero-order chi connectivity index (χ0) is 16.9. The van der Waals surface area contributed by atoms with Crippen molar-refractivity contribution >= 4 is 40.6 Å². The van der Waals surface area contributed by atoms with Crippen LogP contribution in [-0.2, 0) is 16.0 Å². The normalized spacial score (nSPS) is 17.0. The number of nitrogens with zero attached hydrogens (tertiary/aromatic N) is 1. The van der Waals surface area contributed by atoms with E-state index in [4.69, 9.17) is 0 Å². The Morgan fingerprint density at radius 2 is 2.17 bits per heavy atom. The number of anilines is 1. The first kappa shape index (κ1) is 17.0. The molecular weight excluding hydrogens is 340 g/mol. The highest BCUT2D eigenvalue weighted by molar-refractivity contribution is 7.99. The van der Waals surface area contributed by atoms with Crippen LogP contribution in [0.25, 0.3) is 0 Å². The Bertz CT molecular complexity index is 716. The maximum absolute atomic E-state index is 12.6. The molecule has 2 amide bonds. The van der Waals surface area contributed by atoms with Crippen molar-refractivity contribution in [2.75, 3.05) is 16.9 Å². The Balaban J connectivity index is 1.59. The molecule has 2 aromatic rings. The summed E-state index contributed by atoms with van der Waals surface area (Å²) < 4.78 is 0. The summed E-state index contributed by atoms with van der Waals surface area (Å²) in [7, 11) is 0. The zero-order valence-corrected chi connectivity index (χ0v) is 15.2. The van der Waals surface area contributed by atoms with Gasteiger partial charge in [0.25, 0.3) is 0 Å². The minimum Gasteiger partial charge on any atom is -0.324 e. The molecule has 1 atom stereocenters. The summed E-state index contributed by atoms with van der Waals surface area (Å²) in [5, 5.41) is 4.95. The Morgan fingerprint density at radius 1 is 1.29 bits per heavy atom. The predicted octanol–water partition coefficient (Wildman–Crippen LogP) is 3.53. The quantitative estimate of drug-likeness (QED) is 0.887. The molecule has 0 aliphatic carbocycles. The van der Waals surface area contributed by atoms with Crippen molar-refractivity contribution in [2.45, 2.75) is 25.8 Å². The Labute approximate surface area is 150 Å². The van der Waals surface area contributed by atoms with Gasteiger partial charge in [-0.3, -0.25) is 9.59 Å². The number of rotatable bonds is 5. The third-order valence-corrected chi connectivity index (χ3v) is 5.90. The van der Waals surface area contributed by atoms with Crippen LogP contribution in [0, 0.1) is 6.92 Å². The van der Waals surface area contributed by atoms with Crippen LogP contribution in [-0.4, -0.2) is 34.4 Å². The summed E-state index contributed by atoms with van der Waals surface area (Å²) in [6.07, 6.45) is 1.19. The van der Waals surface area contributed by atoms with E-state index >= 15 is 0 Å². The lowest BCUT2D eigenvalue weighted by atomic mass is 10.2. The van der Waals surface area contributed by atoms with Crippen LogP contribution in [0.2, 0.25) is 0 Å². The number of carbonyl (C=O) groups excluding carboxylic acids is 2. The van der Waals surface area contributed by atoms with Crippen molar-refractivity contribution in [2.24, 2.45) is 0 Å². The average molecular weight is 361 g/mol. The van der Waals surface area contributed by atoms with Gasteiger partial charge in [0.05, 0.1) is 5.88 Å².